The number of halogens is 1. The van der Waals surface area contributed by atoms with Crippen LogP contribution >= 0.6 is 11.8 Å². The molecule has 1 heterocycles. The van der Waals surface area contributed by atoms with Crippen LogP contribution in [0.15, 0.2) is 94.9 Å². The second-order valence-electron chi connectivity index (χ2n) is 5.21. The third kappa shape index (κ3) is 4.58. The van der Waals surface area contributed by atoms with Crippen molar-refractivity contribution in [2.24, 2.45) is 5.16 Å². The van der Waals surface area contributed by atoms with E-state index in [-0.39, 0.29) is 12.3 Å². The lowest BCUT2D eigenvalue weighted by Crippen LogP contribution is -2.17. The first kappa shape index (κ1) is 17.9. The van der Waals surface area contributed by atoms with Crippen LogP contribution in [0.5, 0.6) is 0 Å². The molecule has 1 unspecified atom stereocenters. The highest BCUT2D eigenvalue weighted by Gasteiger charge is 2.21. The maximum Gasteiger partial charge on any atom is 0.239 e. The molecule has 0 spiro atoms. The molecule has 0 amide bonds. The highest BCUT2D eigenvalue weighted by atomic mass is 32.2. The third-order valence-corrected chi connectivity index (χ3v) is 4.39. The maximum atomic E-state index is 14.8. The molecule has 0 N–H and O–H groups in total. The summed E-state index contributed by atoms with van der Waals surface area (Å²) in [5.74, 6) is 0. The molecule has 0 aliphatic carbocycles. The molecular formula is C19H17FN4OS. The van der Waals surface area contributed by atoms with Gasteiger partial charge in [0.25, 0.3) is 0 Å². The van der Waals surface area contributed by atoms with Crippen LogP contribution in [0.2, 0.25) is 0 Å². The van der Waals surface area contributed by atoms with Gasteiger partial charge in [0, 0.05) is 15.4 Å². The summed E-state index contributed by atoms with van der Waals surface area (Å²) < 4.78 is 15.9. The lowest BCUT2D eigenvalue weighted by Gasteiger charge is -2.12. The van der Waals surface area contributed by atoms with Crippen LogP contribution < -0.4 is 0 Å². The smallest absolute Gasteiger partial charge is 0.239 e. The largest absolute Gasteiger partial charge is 0.391 e. The predicted molar refractivity (Wildman–Crippen MR) is 99.9 cm³/mol. The van der Waals surface area contributed by atoms with Gasteiger partial charge < -0.3 is 4.84 Å². The number of hydrogen-bond acceptors (Lipinski definition) is 5. The molecule has 0 radical (unpaired) electrons. The topological polar surface area (TPSA) is 52.3 Å². The van der Waals surface area contributed by atoms with E-state index in [1.54, 1.807) is 17.8 Å². The molecule has 132 valence electrons. The van der Waals surface area contributed by atoms with Crippen LogP contribution in [0.4, 0.5) is 4.39 Å². The predicted octanol–water partition coefficient (Wildman–Crippen LogP) is 4.50. The Labute approximate surface area is 155 Å². The van der Waals surface area contributed by atoms with E-state index in [0.717, 1.165) is 14.5 Å². The molecule has 1 atom stereocenters. The molecule has 0 saturated carbocycles. The van der Waals surface area contributed by atoms with Crippen molar-refractivity contribution in [1.29, 1.82) is 0 Å². The Hall–Kier alpha value is -2.93. The van der Waals surface area contributed by atoms with Crippen LogP contribution in [0.1, 0.15) is 11.9 Å². The van der Waals surface area contributed by atoms with Crippen molar-refractivity contribution >= 4 is 17.5 Å². The number of hydrogen-bond donors (Lipinski definition) is 0. The molecule has 0 saturated heterocycles. The van der Waals surface area contributed by atoms with Crippen molar-refractivity contribution in [1.82, 2.24) is 14.8 Å². The summed E-state index contributed by atoms with van der Waals surface area (Å²) in [5.41, 5.74) is 0.725. The molecule has 2 aromatic carbocycles. The fraction of sp³-hybridized carbons (Fsp3) is 0.105. The molecule has 3 aromatic rings. The Kier molecular flexibility index (Phi) is 6.16. The van der Waals surface area contributed by atoms with Gasteiger partial charge in [-0.25, -0.2) is 14.1 Å². The third-order valence-electron chi connectivity index (χ3n) is 3.38. The van der Waals surface area contributed by atoms with E-state index in [1.807, 2.05) is 54.6 Å². The lowest BCUT2D eigenvalue weighted by molar-refractivity contribution is 0.168. The van der Waals surface area contributed by atoms with Gasteiger partial charge in [-0.15, -0.1) is 0 Å². The number of oxime groups is 1. The minimum absolute atomic E-state index is 0.119. The summed E-state index contributed by atoms with van der Waals surface area (Å²) in [5, 5.41) is 7.76. The Balaban J connectivity index is 1.82. The van der Waals surface area contributed by atoms with Gasteiger partial charge in [0.1, 0.15) is 25.0 Å². The van der Waals surface area contributed by atoms with Gasteiger partial charge in [-0.2, -0.15) is 5.10 Å². The van der Waals surface area contributed by atoms with E-state index in [1.165, 1.54) is 12.7 Å². The average molecular weight is 368 g/mol. The SMILES string of the molecule is C=CCON=C(c1ccc(Sc2ccccc2)cc1)C(F)n1cncn1. The highest BCUT2D eigenvalue weighted by Crippen LogP contribution is 2.28. The number of alkyl halides is 1. The zero-order valence-corrected chi connectivity index (χ0v) is 14.7. The molecular weight excluding hydrogens is 351 g/mol. The zero-order valence-electron chi connectivity index (χ0n) is 13.9. The quantitative estimate of drug-likeness (QED) is 0.254. The highest BCUT2D eigenvalue weighted by molar-refractivity contribution is 7.99. The summed E-state index contributed by atoms with van der Waals surface area (Å²) in [6.07, 6.45) is 2.51. The molecule has 26 heavy (non-hydrogen) atoms. The molecule has 7 heteroatoms. The second-order valence-corrected chi connectivity index (χ2v) is 6.36. The second kappa shape index (κ2) is 8.96. The molecule has 0 fully saturated rings. The number of aromatic nitrogens is 3. The van der Waals surface area contributed by atoms with Gasteiger partial charge in [-0.1, -0.05) is 59.9 Å². The fourth-order valence-electron chi connectivity index (χ4n) is 2.17. The Morgan fingerprint density at radius 2 is 1.92 bits per heavy atom. The van der Waals surface area contributed by atoms with Crippen LogP contribution in [-0.2, 0) is 4.84 Å². The molecule has 1 aromatic heterocycles. The van der Waals surface area contributed by atoms with E-state index in [9.17, 15) is 4.39 Å². The summed E-state index contributed by atoms with van der Waals surface area (Å²) in [6, 6.07) is 17.5. The van der Waals surface area contributed by atoms with Crippen LogP contribution in [-0.4, -0.2) is 27.1 Å². The van der Waals surface area contributed by atoms with Crippen LogP contribution in [0.25, 0.3) is 0 Å². The summed E-state index contributed by atoms with van der Waals surface area (Å²) in [7, 11) is 0. The van der Waals surface area contributed by atoms with Gasteiger partial charge in [-0.3, -0.25) is 0 Å². The van der Waals surface area contributed by atoms with Gasteiger partial charge in [0.15, 0.2) is 0 Å². The van der Waals surface area contributed by atoms with E-state index < -0.39 is 6.30 Å². The van der Waals surface area contributed by atoms with E-state index in [4.69, 9.17) is 4.84 Å². The van der Waals surface area contributed by atoms with Crippen molar-refractivity contribution in [3.05, 3.63) is 85.5 Å². The minimum Gasteiger partial charge on any atom is -0.391 e. The van der Waals surface area contributed by atoms with Crippen molar-refractivity contribution in [2.45, 2.75) is 16.1 Å². The van der Waals surface area contributed by atoms with Gasteiger partial charge in [-0.05, 0) is 24.3 Å². The van der Waals surface area contributed by atoms with Crippen molar-refractivity contribution in [3.63, 3.8) is 0 Å². The fourth-order valence-corrected chi connectivity index (χ4v) is 3.01. The normalized spacial score (nSPS) is 12.6. The molecule has 0 aliphatic rings. The molecule has 5 nitrogen and oxygen atoms in total. The average Bonchev–Trinajstić information content (AvgIpc) is 3.21. The monoisotopic (exact) mass is 368 g/mol. The summed E-state index contributed by atoms with van der Waals surface area (Å²) in [4.78, 5) is 11.1. The molecule has 3 rings (SSSR count). The molecule has 0 bridgehead atoms. The first-order valence-electron chi connectivity index (χ1n) is 7.90. The van der Waals surface area contributed by atoms with Gasteiger partial charge in [0.05, 0.1) is 0 Å². The first-order chi connectivity index (χ1) is 12.8. The summed E-state index contributed by atoms with van der Waals surface area (Å²) in [6.45, 7) is 3.75. The minimum atomic E-state index is -1.60. The Bertz CT molecular complexity index is 851. The van der Waals surface area contributed by atoms with Crippen molar-refractivity contribution in [2.75, 3.05) is 6.61 Å². The van der Waals surface area contributed by atoms with Crippen LogP contribution in [0.3, 0.4) is 0 Å². The summed E-state index contributed by atoms with van der Waals surface area (Å²) >= 11 is 1.63. The van der Waals surface area contributed by atoms with E-state index in [2.05, 4.69) is 21.8 Å². The number of nitrogens with zero attached hydrogens (tertiary/aromatic N) is 4. The van der Waals surface area contributed by atoms with E-state index >= 15 is 0 Å². The zero-order chi connectivity index (χ0) is 18.2. The first-order valence-corrected chi connectivity index (χ1v) is 8.72. The Morgan fingerprint density at radius 3 is 2.58 bits per heavy atom. The lowest BCUT2D eigenvalue weighted by atomic mass is 10.1. The molecule has 0 aliphatic heterocycles. The number of rotatable bonds is 8. The maximum absolute atomic E-state index is 14.8. The Morgan fingerprint density at radius 1 is 1.19 bits per heavy atom. The van der Waals surface area contributed by atoms with Crippen molar-refractivity contribution in [3.8, 4) is 0 Å². The van der Waals surface area contributed by atoms with E-state index in [0.29, 0.717) is 5.56 Å². The standard InChI is InChI=1S/C19H17FN4OS/c1-2-12-25-23-18(19(20)24-14-21-13-22-24)15-8-10-17(11-9-15)26-16-6-4-3-5-7-16/h2-11,13-14,19H,1,12H2. The van der Waals surface area contributed by atoms with Gasteiger partial charge >= 0.3 is 0 Å². The van der Waals surface area contributed by atoms with Crippen LogP contribution in [0, 0.1) is 0 Å². The van der Waals surface area contributed by atoms with Gasteiger partial charge in [0.2, 0.25) is 6.30 Å². The number of benzene rings is 2. The van der Waals surface area contributed by atoms with Crippen molar-refractivity contribution < 1.29 is 9.23 Å².